The smallest absolute Gasteiger partial charge is 0.385 e. The largest absolute Gasteiger partial charge is 0.593 e. The van der Waals surface area contributed by atoms with E-state index in [1.807, 2.05) is 21.1 Å². The van der Waals surface area contributed by atoms with E-state index in [1.165, 1.54) is 6.92 Å². The van der Waals surface area contributed by atoms with E-state index in [9.17, 15) is 14.8 Å². The minimum Gasteiger partial charge on any atom is -0.593 e. The van der Waals surface area contributed by atoms with E-state index in [2.05, 4.69) is 11.1 Å². The molecular weight excluding hydrogens is 217 g/mol. The van der Waals surface area contributed by atoms with Gasteiger partial charge in [0.25, 0.3) is 0 Å². The monoisotopic (exact) mass is 234 g/mol. The summed E-state index contributed by atoms with van der Waals surface area (Å²) in [5.74, 6) is -0.760. The third-order valence-corrected chi connectivity index (χ3v) is 2.24. The first kappa shape index (κ1) is 14.3. The molecule has 0 saturated carbocycles. The first-order chi connectivity index (χ1) is 6.63. The predicted octanol–water partition coefficient (Wildman–Crippen LogP) is -0.0135. The average Bonchev–Trinajstić information content (AvgIpc) is 2.00. The fourth-order valence-electron chi connectivity index (χ4n) is 0.688. The number of carbonyl (C=O) groups is 1. The van der Waals surface area contributed by atoms with Gasteiger partial charge in [-0.15, -0.1) is 0 Å². The predicted molar refractivity (Wildman–Crippen MR) is 57.7 cm³/mol. The van der Waals surface area contributed by atoms with Crippen LogP contribution in [0, 0.1) is 0 Å². The van der Waals surface area contributed by atoms with Crippen molar-refractivity contribution < 1.29 is 23.8 Å². The highest BCUT2D eigenvalue weighted by molar-refractivity contribution is 7.46. The summed E-state index contributed by atoms with van der Waals surface area (Å²) in [7, 11) is 2.98. The Morgan fingerprint density at radius 1 is 1.53 bits per heavy atom. The van der Waals surface area contributed by atoms with Crippen LogP contribution < -0.4 is 4.89 Å². The number of likely N-dealkylation sites (N-methyl/N-ethyl adjacent to an activating group) is 1. The van der Waals surface area contributed by atoms with Crippen LogP contribution in [0.2, 0.25) is 0 Å². The van der Waals surface area contributed by atoms with E-state index < -0.39 is 14.0 Å². The third-order valence-electron chi connectivity index (χ3n) is 1.34. The first-order valence-electron chi connectivity index (χ1n) is 4.34. The maximum absolute atomic E-state index is 11.3. The van der Waals surface area contributed by atoms with Gasteiger partial charge in [-0.1, -0.05) is 6.58 Å². The van der Waals surface area contributed by atoms with Crippen molar-refractivity contribution in [2.75, 3.05) is 27.7 Å². The van der Waals surface area contributed by atoms with Gasteiger partial charge in [0.1, 0.15) is 0 Å². The lowest BCUT2D eigenvalue weighted by Crippen LogP contribution is -2.39. The van der Waals surface area contributed by atoms with Crippen LogP contribution in [0.4, 0.5) is 0 Å². The first-order valence-corrected chi connectivity index (χ1v) is 5.51. The summed E-state index contributed by atoms with van der Waals surface area (Å²) in [5.41, 5.74) is -0.177. The quantitative estimate of drug-likeness (QED) is 0.422. The Hall–Kier alpha value is -0.740. The van der Waals surface area contributed by atoms with Gasteiger partial charge in [0.15, 0.2) is 6.54 Å². The molecular formula is C9H17NO4P+. The van der Waals surface area contributed by atoms with Gasteiger partial charge in [-0.3, -0.25) is 0 Å². The number of hydrogen-bond donors (Lipinski definition) is 1. The molecule has 0 aliphatic rings. The van der Waals surface area contributed by atoms with E-state index in [0.717, 1.165) is 0 Å². The molecule has 0 radical (unpaired) electrons. The van der Waals surface area contributed by atoms with Crippen LogP contribution in [-0.4, -0.2) is 48.7 Å². The molecule has 0 aromatic heterocycles. The zero-order valence-electron chi connectivity index (χ0n) is 9.48. The molecule has 1 unspecified atom stereocenters. The molecule has 0 amide bonds. The number of rotatable bonds is 4. The number of aliphatic hydroxyl groups excluding tert-OH is 1. The van der Waals surface area contributed by atoms with E-state index in [1.54, 1.807) is 0 Å². The van der Waals surface area contributed by atoms with Gasteiger partial charge in [0.2, 0.25) is 0 Å². The number of aliphatic hydroxyl groups is 1. The average molecular weight is 234 g/mol. The topological polar surface area (TPSA) is 69.6 Å². The van der Waals surface area contributed by atoms with E-state index in [4.69, 9.17) is 0 Å². The number of quaternary nitrogens is 1. The van der Waals surface area contributed by atoms with Crippen molar-refractivity contribution in [2.24, 2.45) is 0 Å². The summed E-state index contributed by atoms with van der Waals surface area (Å²) in [6.45, 7) is 4.96. The number of hydrogen-bond acceptors (Lipinski definition) is 3. The lowest BCUT2D eigenvalue weighted by molar-refractivity contribution is -0.861. The van der Waals surface area contributed by atoms with Crippen molar-refractivity contribution in [3.8, 4) is 0 Å². The third kappa shape index (κ3) is 6.36. The van der Waals surface area contributed by atoms with Crippen molar-refractivity contribution in [1.29, 1.82) is 0 Å². The van der Waals surface area contributed by atoms with Crippen LogP contribution in [0.3, 0.4) is 0 Å². The van der Waals surface area contributed by atoms with E-state index in [-0.39, 0.29) is 17.6 Å². The van der Waals surface area contributed by atoms with Crippen LogP contribution in [0.25, 0.3) is 0 Å². The van der Waals surface area contributed by atoms with E-state index in [0.29, 0.717) is 4.48 Å². The minimum absolute atomic E-state index is 0.149. The highest BCUT2D eigenvalue weighted by Gasteiger charge is 2.21. The van der Waals surface area contributed by atoms with Gasteiger partial charge in [0.05, 0.1) is 21.1 Å². The van der Waals surface area contributed by atoms with Crippen LogP contribution >= 0.6 is 8.00 Å². The number of nitrogens with zero attached hydrogens (tertiary/aromatic N) is 1. The molecule has 6 heteroatoms. The number of carbonyl (C=O) groups excluding carboxylic acids is 1. The Morgan fingerprint density at radius 2 is 2.00 bits per heavy atom. The van der Waals surface area contributed by atoms with Crippen LogP contribution in [0.1, 0.15) is 6.92 Å². The van der Waals surface area contributed by atoms with Gasteiger partial charge in [-0.2, -0.15) is 0 Å². The van der Waals surface area contributed by atoms with Gasteiger partial charge in [-0.25, -0.2) is 9.32 Å². The summed E-state index contributed by atoms with van der Waals surface area (Å²) in [4.78, 5) is 22.3. The normalized spacial score (nSPS) is 13.2. The van der Waals surface area contributed by atoms with Crippen LogP contribution in [-0.2, 0) is 9.32 Å². The maximum atomic E-state index is 11.3. The molecule has 0 aliphatic heterocycles. The molecule has 86 valence electrons. The standard InChI is InChI=1S/C9H16NO4P/c1-7(2)9(12)14-15(13)8(11)6-10(3,4)5/h1,6H2,2-5H3/p+1. The molecule has 0 aromatic carbocycles. The van der Waals surface area contributed by atoms with Crippen molar-refractivity contribution in [2.45, 2.75) is 6.92 Å². The second-order valence-corrected chi connectivity index (χ2v) is 5.49. The van der Waals surface area contributed by atoms with Gasteiger partial charge >= 0.3 is 19.4 Å². The SMILES string of the molecule is C=C(C)C(=O)O[P+]([O-])=C(O)C[N+](C)(C)C. The molecule has 1 N–H and O–H groups in total. The molecule has 1 atom stereocenters. The molecule has 0 aromatic rings. The van der Waals surface area contributed by atoms with Gasteiger partial charge < -0.3 is 14.5 Å². The summed E-state index contributed by atoms with van der Waals surface area (Å²) in [6.07, 6.45) is 0. The van der Waals surface area contributed by atoms with Crippen molar-refractivity contribution in [1.82, 2.24) is 0 Å². The Bertz CT molecular complexity index is 304. The highest BCUT2D eigenvalue weighted by atomic mass is 31.1. The zero-order chi connectivity index (χ0) is 12.2. The highest BCUT2D eigenvalue weighted by Crippen LogP contribution is 2.17. The fraction of sp³-hybridized carbons (Fsp3) is 0.556. The summed E-state index contributed by atoms with van der Waals surface area (Å²) >= 11 is 0. The van der Waals surface area contributed by atoms with Crippen molar-refractivity contribution in [3.63, 3.8) is 0 Å². The Morgan fingerprint density at radius 3 is 2.33 bits per heavy atom. The second kappa shape index (κ2) is 5.37. The molecule has 0 spiro atoms. The van der Waals surface area contributed by atoms with Crippen LogP contribution in [0.5, 0.6) is 0 Å². The van der Waals surface area contributed by atoms with Gasteiger partial charge in [-0.05, 0) is 6.92 Å². The second-order valence-electron chi connectivity index (χ2n) is 4.28. The zero-order valence-corrected chi connectivity index (χ0v) is 10.4. The summed E-state index contributed by atoms with van der Waals surface area (Å²) < 4.78 is 4.89. The molecule has 0 saturated heterocycles. The molecule has 0 heterocycles. The Labute approximate surface area is 90.7 Å². The maximum Gasteiger partial charge on any atom is 0.385 e. The molecule has 0 aliphatic carbocycles. The summed E-state index contributed by atoms with van der Waals surface area (Å²) in [5, 5.41) is 9.39. The lowest BCUT2D eigenvalue weighted by atomic mass is 10.4. The Kier molecular flexibility index (Phi) is 5.11. The van der Waals surface area contributed by atoms with Crippen LogP contribution in [0.15, 0.2) is 12.2 Å². The molecule has 0 bridgehead atoms. The fourth-order valence-corrected chi connectivity index (χ4v) is 1.64. The van der Waals surface area contributed by atoms with Gasteiger partial charge in [0, 0.05) is 5.57 Å². The molecule has 0 rings (SSSR count). The van der Waals surface area contributed by atoms with Crippen molar-refractivity contribution in [3.05, 3.63) is 12.2 Å². The minimum atomic E-state index is -2.48. The van der Waals surface area contributed by atoms with E-state index >= 15 is 0 Å². The molecule has 15 heavy (non-hydrogen) atoms. The lowest BCUT2D eigenvalue weighted by Gasteiger charge is -2.21. The molecule has 5 nitrogen and oxygen atoms in total. The Balaban J connectivity index is 4.53. The molecule has 0 fully saturated rings. The van der Waals surface area contributed by atoms with Crippen molar-refractivity contribution >= 4 is 19.4 Å². The summed E-state index contributed by atoms with van der Waals surface area (Å²) in [6, 6.07) is 0.